The predicted octanol–water partition coefficient (Wildman–Crippen LogP) is 0.616. The van der Waals surface area contributed by atoms with E-state index in [4.69, 9.17) is 0 Å². The molecule has 0 radical (unpaired) electrons. The third-order valence-electron chi connectivity index (χ3n) is 4.40. The SMILES string of the molecule is Cc1ccc(C)c(S(=O)(=O)NC(C)C(=O)N2CCC(S(C)(=O)=O)C2)c1. The summed E-state index contributed by atoms with van der Waals surface area (Å²) in [5, 5.41) is -0.584. The molecule has 1 heterocycles. The number of amides is 1. The molecule has 0 saturated carbocycles. The molecule has 2 rings (SSSR count). The monoisotopic (exact) mass is 388 g/mol. The first-order valence-electron chi connectivity index (χ1n) is 7.99. The van der Waals surface area contributed by atoms with Crippen LogP contribution in [0.25, 0.3) is 0 Å². The molecule has 0 aromatic heterocycles. The molecular weight excluding hydrogens is 364 g/mol. The minimum atomic E-state index is -3.84. The Morgan fingerprint density at radius 2 is 1.88 bits per heavy atom. The van der Waals surface area contributed by atoms with Crippen LogP contribution < -0.4 is 4.72 Å². The zero-order valence-corrected chi connectivity index (χ0v) is 16.4. The predicted molar refractivity (Wildman–Crippen MR) is 95.5 cm³/mol. The number of likely N-dealkylation sites (tertiary alicyclic amines) is 1. The fraction of sp³-hybridized carbons (Fsp3) is 0.562. The number of nitrogens with one attached hydrogen (secondary N) is 1. The molecule has 1 amide bonds. The summed E-state index contributed by atoms with van der Waals surface area (Å²) in [4.78, 5) is 14.0. The average molecular weight is 389 g/mol. The number of sulfonamides is 1. The Balaban J connectivity index is 2.12. The second-order valence-electron chi connectivity index (χ2n) is 6.64. The van der Waals surface area contributed by atoms with Crippen LogP contribution in [0, 0.1) is 13.8 Å². The highest BCUT2D eigenvalue weighted by atomic mass is 32.2. The fourth-order valence-electron chi connectivity index (χ4n) is 2.90. The van der Waals surface area contributed by atoms with E-state index in [2.05, 4.69) is 4.72 Å². The van der Waals surface area contributed by atoms with Gasteiger partial charge < -0.3 is 4.90 Å². The number of hydrogen-bond acceptors (Lipinski definition) is 5. The van der Waals surface area contributed by atoms with Gasteiger partial charge in [0, 0.05) is 19.3 Å². The molecule has 1 aromatic rings. The van der Waals surface area contributed by atoms with E-state index in [0.717, 1.165) is 11.8 Å². The molecule has 7 nitrogen and oxygen atoms in total. The lowest BCUT2D eigenvalue weighted by molar-refractivity contribution is -0.131. The van der Waals surface area contributed by atoms with Crippen LogP contribution in [0.2, 0.25) is 0 Å². The highest BCUT2D eigenvalue weighted by Gasteiger charge is 2.35. The quantitative estimate of drug-likeness (QED) is 0.797. The molecule has 25 heavy (non-hydrogen) atoms. The van der Waals surface area contributed by atoms with Gasteiger partial charge >= 0.3 is 0 Å². The molecule has 1 saturated heterocycles. The second-order valence-corrected chi connectivity index (χ2v) is 10.6. The number of sulfone groups is 1. The van der Waals surface area contributed by atoms with E-state index < -0.39 is 37.1 Å². The summed E-state index contributed by atoms with van der Waals surface area (Å²) >= 11 is 0. The van der Waals surface area contributed by atoms with Gasteiger partial charge in [0.25, 0.3) is 0 Å². The summed E-state index contributed by atoms with van der Waals surface area (Å²) in [5.41, 5.74) is 1.40. The topological polar surface area (TPSA) is 101 Å². The highest BCUT2D eigenvalue weighted by Crippen LogP contribution is 2.19. The van der Waals surface area contributed by atoms with E-state index in [-0.39, 0.29) is 11.4 Å². The van der Waals surface area contributed by atoms with Crippen molar-refractivity contribution in [3.05, 3.63) is 29.3 Å². The van der Waals surface area contributed by atoms with E-state index in [0.29, 0.717) is 18.5 Å². The first-order valence-corrected chi connectivity index (χ1v) is 11.4. The van der Waals surface area contributed by atoms with Crippen molar-refractivity contribution < 1.29 is 21.6 Å². The third-order valence-corrected chi connectivity index (χ3v) is 7.68. The van der Waals surface area contributed by atoms with Crippen LogP contribution in [0.5, 0.6) is 0 Å². The molecule has 1 aromatic carbocycles. The number of aryl methyl sites for hydroxylation is 2. The molecule has 1 fully saturated rings. The molecule has 2 atom stereocenters. The van der Waals surface area contributed by atoms with Crippen LogP contribution in [-0.4, -0.2) is 58.3 Å². The summed E-state index contributed by atoms with van der Waals surface area (Å²) in [7, 11) is -7.06. The Labute approximate surface area is 149 Å². The molecular formula is C16H24N2O5S2. The van der Waals surface area contributed by atoms with Crippen molar-refractivity contribution in [3.8, 4) is 0 Å². The summed E-state index contributed by atoms with van der Waals surface area (Å²) in [6, 6.07) is 4.12. The Morgan fingerprint density at radius 1 is 1.24 bits per heavy atom. The lowest BCUT2D eigenvalue weighted by atomic mass is 10.2. The zero-order chi connectivity index (χ0) is 19.0. The highest BCUT2D eigenvalue weighted by molar-refractivity contribution is 7.91. The zero-order valence-electron chi connectivity index (χ0n) is 14.8. The van der Waals surface area contributed by atoms with Crippen LogP contribution >= 0.6 is 0 Å². The smallest absolute Gasteiger partial charge is 0.241 e. The number of rotatable bonds is 5. The first-order chi connectivity index (χ1) is 11.4. The van der Waals surface area contributed by atoms with E-state index in [1.165, 1.54) is 11.8 Å². The van der Waals surface area contributed by atoms with Gasteiger partial charge in [0.2, 0.25) is 15.9 Å². The Bertz CT molecular complexity index is 878. The van der Waals surface area contributed by atoms with Gasteiger partial charge in [0.15, 0.2) is 9.84 Å². The normalized spacial score (nSPS) is 19.8. The lowest BCUT2D eigenvalue weighted by Gasteiger charge is -2.22. The Kier molecular flexibility index (Phi) is 5.60. The van der Waals surface area contributed by atoms with Crippen molar-refractivity contribution in [2.45, 2.75) is 43.4 Å². The van der Waals surface area contributed by atoms with E-state index in [9.17, 15) is 21.6 Å². The van der Waals surface area contributed by atoms with Gasteiger partial charge in [-0.15, -0.1) is 0 Å². The van der Waals surface area contributed by atoms with Crippen molar-refractivity contribution >= 4 is 25.8 Å². The summed E-state index contributed by atoms with van der Waals surface area (Å²) < 4.78 is 50.8. The molecule has 140 valence electrons. The van der Waals surface area contributed by atoms with Gasteiger partial charge in [0.05, 0.1) is 16.2 Å². The summed E-state index contributed by atoms with van der Waals surface area (Å²) in [5.74, 6) is -0.417. The maximum absolute atomic E-state index is 12.6. The number of hydrogen-bond donors (Lipinski definition) is 1. The molecule has 0 bridgehead atoms. The van der Waals surface area contributed by atoms with Crippen LogP contribution in [0.15, 0.2) is 23.1 Å². The minimum absolute atomic E-state index is 0.104. The van der Waals surface area contributed by atoms with Crippen molar-refractivity contribution in [3.63, 3.8) is 0 Å². The summed E-state index contributed by atoms with van der Waals surface area (Å²) in [6.45, 7) is 5.37. The fourth-order valence-corrected chi connectivity index (χ4v) is 5.41. The number of carbonyl (C=O) groups excluding carboxylic acids is 1. The van der Waals surface area contributed by atoms with Crippen LogP contribution in [-0.2, 0) is 24.7 Å². The van der Waals surface area contributed by atoms with Gasteiger partial charge in [-0.25, -0.2) is 16.8 Å². The summed E-state index contributed by atoms with van der Waals surface area (Å²) in [6.07, 6.45) is 1.53. The molecule has 1 aliphatic rings. The maximum Gasteiger partial charge on any atom is 0.241 e. The van der Waals surface area contributed by atoms with Crippen molar-refractivity contribution in [1.82, 2.24) is 9.62 Å². The Morgan fingerprint density at radius 3 is 2.44 bits per heavy atom. The molecule has 0 aliphatic carbocycles. The van der Waals surface area contributed by atoms with Crippen LogP contribution in [0.4, 0.5) is 0 Å². The molecule has 9 heteroatoms. The minimum Gasteiger partial charge on any atom is -0.340 e. The lowest BCUT2D eigenvalue weighted by Crippen LogP contribution is -2.46. The molecule has 1 N–H and O–H groups in total. The van der Waals surface area contributed by atoms with Gasteiger partial charge in [0.1, 0.15) is 0 Å². The standard InChI is InChI=1S/C16H24N2O5S2/c1-11-5-6-12(2)15(9-11)25(22,23)17-13(3)16(19)18-8-7-14(10-18)24(4,20)21/h5-6,9,13-14,17H,7-8,10H2,1-4H3. The van der Waals surface area contributed by atoms with Gasteiger partial charge in [-0.2, -0.15) is 4.72 Å². The first kappa shape index (κ1) is 19.9. The molecule has 1 aliphatic heterocycles. The number of carbonyl (C=O) groups is 1. The third kappa shape index (κ3) is 4.59. The van der Waals surface area contributed by atoms with Crippen LogP contribution in [0.1, 0.15) is 24.5 Å². The van der Waals surface area contributed by atoms with E-state index in [1.807, 2.05) is 6.07 Å². The van der Waals surface area contributed by atoms with Crippen molar-refractivity contribution in [1.29, 1.82) is 0 Å². The van der Waals surface area contributed by atoms with Gasteiger partial charge in [-0.3, -0.25) is 4.79 Å². The number of benzene rings is 1. The molecule has 0 spiro atoms. The Hall–Kier alpha value is -1.45. The van der Waals surface area contributed by atoms with E-state index >= 15 is 0 Å². The average Bonchev–Trinajstić information content (AvgIpc) is 2.98. The second kappa shape index (κ2) is 7.05. The molecule has 2 unspecified atom stereocenters. The number of nitrogens with zero attached hydrogens (tertiary/aromatic N) is 1. The van der Waals surface area contributed by atoms with Crippen LogP contribution in [0.3, 0.4) is 0 Å². The van der Waals surface area contributed by atoms with E-state index in [1.54, 1.807) is 26.0 Å². The maximum atomic E-state index is 12.6. The van der Waals surface area contributed by atoms with Crippen molar-refractivity contribution in [2.75, 3.05) is 19.3 Å². The van der Waals surface area contributed by atoms with Gasteiger partial charge in [-0.05, 0) is 44.4 Å². The van der Waals surface area contributed by atoms with Gasteiger partial charge in [-0.1, -0.05) is 12.1 Å². The largest absolute Gasteiger partial charge is 0.340 e. The van der Waals surface area contributed by atoms with Crippen molar-refractivity contribution in [2.24, 2.45) is 0 Å².